The molecule has 0 aliphatic heterocycles. The highest BCUT2D eigenvalue weighted by atomic mass is 16.3. The number of pyridine rings is 1. The van der Waals surface area contributed by atoms with Gasteiger partial charge in [-0.3, -0.25) is 4.98 Å². The van der Waals surface area contributed by atoms with E-state index >= 15 is 0 Å². The number of furan rings is 1. The molecule has 0 fully saturated rings. The summed E-state index contributed by atoms with van der Waals surface area (Å²) in [6.45, 7) is 18.2. The molecule has 0 amide bonds. The van der Waals surface area contributed by atoms with Crippen molar-refractivity contribution in [3.05, 3.63) is 113 Å². The molecule has 2 nitrogen and oxygen atoms in total. The molecular weight excluding hydrogens is 522 g/mol. The topological polar surface area (TPSA) is 26.0 Å². The van der Waals surface area contributed by atoms with Crippen LogP contribution in [0.4, 0.5) is 0 Å². The first kappa shape index (κ1) is 28.9. The zero-order chi connectivity index (χ0) is 30.4. The molecule has 218 valence electrons. The first-order chi connectivity index (χ1) is 20.7. The van der Waals surface area contributed by atoms with Crippen molar-refractivity contribution in [1.82, 2.24) is 4.98 Å². The smallest absolute Gasteiger partial charge is 0.144 e. The highest BCUT2D eigenvalue weighted by Gasteiger charge is 2.20. The lowest BCUT2D eigenvalue weighted by atomic mass is 9.85. The maximum absolute atomic E-state index is 6.73. The minimum absolute atomic E-state index is 0.426. The van der Waals surface area contributed by atoms with Gasteiger partial charge in [-0.15, -0.1) is 0 Å². The second kappa shape index (κ2) is 11.5. The van der Waals surface area contributed by atoms with Crippen LogP contribution >= 0.6 is 0 Å². The van der Waals surface area contributed by atoms with Crippen molar-refractivity contribution in [2.24, 2.45) is 0 Å². The van der Waals surface area contributed by atoms with Gasteiger partial charge in [0.25, 0.3) is 0 Å². The monoisotopic (exact) mass is 565 g/mol. The summed E-state index contributed by atoms with van der Waals surface area (Å²) in [5.74, 6) is 1.72. The van der Waals surface area contributed by atoms with Gasteiger partial charge in [0.1, 0.15) is 11.2 Å². The lowest BCUT2D eigenvalue weighted by molar-refractivity contribution is 0.670. The molecule has 0 spiro atoms. The van der Waals surface area contributed by atoms with E-state index in [2.05, 4.69) is 140 Å². The van der Waals surface area contributed by atoms with E-state index in [0.717, 1.165) is 33.2 Å². The lowest BCUT2D eigenvalue weighted by Gasteiger charge is -2.20. The Kier molecular flexibility index (Phi) is 7.73. The zero-order valence-corrected chi connectivity index (χ0v) is 26.8. The van der Waals surface area contributed by atoms with Crippen LogP contribution in [0.1, 0.15) is 101 Å². The molecule has 0 saturated carbocycles. The Hall–Kier alpha value is -4.17. The van der Waals surface area contributed by atoms with E-state index in [1.807, 2.05) is 6.20 Å². The summed E-state index contributed by atoms with van der Waals surface area (Å²) in [7, 11) is 0. The Morgan fingerprint density at radius 2 is 1.02 bits per heavy atom. The molecule has 0 aliphatic rings. The van der Waals surface area contributed by atoms with Gasteiger partial charge in [-0.05, 0) is 98.5 Å². The van der Waals surface area contributed by atoms with Gasteiger partial charge >= 0.3 is 0 Å². The highest BCUT2D eigenvalue weighted by Crippen LogP contribution is 2.42. The van der Waals surface area contributed by atoms with Gasteiger partial charge in [-0.2, -0.15) is 0 Å². The van der Waals surface area contributed by atoms with Crippen LogP contribution in [0.25, 0.3) is 55.4 Å². The number of nitrogens with zero attached hydrogens (tertiary/aromatic N) is 1. The van der Waals surface area contributed by atoms with Gasteiger partial charge in [0.2, 0.25) is 0 Å². The summed E-state index contributed by atoms with van der Waals surface area (Å²) in [4.78, 5) is 4.87. The van der Waals surface area contributed by atoms with E-state index in [0.29, 0.717) is 23.7 Å². The third-order valence-electron chi connectivity index (χ3n) is 8.86. The van der Waals surface area contributed by atoms with Crippen molar-refractivity contribution in [2.45, 2.75) is 79.1 Å². The van der Waals surface area contributed by atoms with Crippen LogP contribution in [0.5, 0.6) is 0 Å². The van der Waals surface area contributed by atoms with E-state index in [1.165, 1.54) is 44.5 Å². The van der Waals surface area contributed by atoms with Crippen LogP contribution in [0.3, 0.4) is 0 Å². The maximum Gasteiger partial charge on any atom is 0.144 e. The van der Waals surface area contributed by atoms with E-state index in [-0.39, 0.29) is 0 Å². The van der Waals surface area contributed by atoms with Gasteiger partial charge < -0.3 is 4.42 Å². The molecule has 43 heavy (non-hydrogen) atoms. The fourth-order valence-corrected chi connectivity index (χ4v) is 6.66. The van der Waals surface area contributed by atoms with Crippen LogP contribution in [0, 0.1) is 0 Å². The Morgan fingerprint density at radius 3 is 1.56 bits per heavy atom. The predicted molar refractivity (Wildman–Crippen MR) is 184 cm³/mol. The standard InChI is InChI=1S/C41H43NO/c1-24(2)30-12-9-13-31(25(3)4)39(30)28-18-19-34-35-16-11-17-36(41(35)43-38(34)23-28)37-22-29(20-21-42-37)40-32(26(5)6)14-10-15-33(40)27(7)8/h9-27H,1-8H3. The Bertz CT molecular complexity index is 1880. The Morgan fingerprint density at radius 1 is 0.512 bits per heavy atom. The van der Waals surface area contributed by atoms with Crippen LogP contribution < -0.4 is 0 Å². The molecule has 0 unspecified atom stereocenters. The molecule has 0 radical (unpaired) electrons. The molecule has 2 heterocycles. The van der Waals surface area contributed by atoms with Crippen molar-refractivity contribution in [3.63, 3.8) is 0 Å². The summed E-state index contributed by atoms with van der Waals surface area (Å²) < 4.78 is 6.73. The van der Waals surface area contributed by atoms with Crippen LogP contribution in [0.2, 0.25) is 0 Å². The average Bonchev–Trinajstić information content (AvgIpc) is 3.38. The molecule has 6 aromatic rings. The molecule has 2 aromatic heterocycles. The van der Waals surface area contributed by atoms with Gasteiger partial charge in [0.15, 0.2) is 0 Å². The van der Waals surface area contributed by atoms with E-state index in [1.54, 1.807) is 0 Å². The number of hydrogen-bond donors (Lipinski definition) is 0. The van der Waals surface area contributed by atoms with Crippen molar-refractivity contribution in [2.75, 3.05) is 0 Å². The highest BCUT2D eigenvalue weighted by molar-refractivity contribution is 6.10. The fraction of sp³-hybridized carbons (Fsp3) is 0.293. The zero-order valence-electron chi connectivity index (χ0n) is 26.8. The second-order valence-electron chi connectivity index (χ2n) is 13.2. The van der Waals surface area contributed by atoms with Gasteiger partial charge in [-0.1, -0.05) is 110 Å². The SMILES string of the molecule is CC(C)c1cccc(C(C)C)c1-c1ccnc(-c2cccc3c2oc2cc(-c4c(C(C)C)cccc4C(C)C)ccc23)c1. The van der Waals surface area contributed by atoms with Gasteiger partial charge in [0, 0.05) is 22.5 Å². The Labute approximate surface area is 256 Å². The maximum atomic E-state index is 6.73. The van der Waals surface area contributed by atoms with Crippen LogP contribution in [-0.2, 0) is 0 Å². The van der Waals surface area contributed by atoms with Crippen molar-refractivity contribution in [3.8, 4) is 33.5 Å². The fourth-order valence-electron chi connectivity index (χ4n) is 6.66. The second-order valence-corrected chi connectivity index (χ2v) is 13.2. The molecule has 6 rings (SSSR count). The number of fused-ring (bicyclic) bond motifs is 3. The third-order valence-corrected chi connectivity index (χ3v) is 8.86. The van der Waals surface area contributed by atoms with E-state index in [4.69, 9.17) is 9.40 Å². The largest absolute Gasteiger partial charge is 0.455 e. The number of para-hydroxylation sites is 1. The van der Waals surface area contributed by atoms with Crippen molar-refractivity contribution >= 4 is 21.9 Å². The van der Waals surface area contributed by atoms with E-state index in [9.17, 15) is 0 Å². The number of benzene rings is 4. The third kappa shape index (κ3) is 5.18. The minimum Gasteiger partial charge on any atom is -0.455 e. The summed E-state index contributed by atoms with van der Waals surface area (Å²) in [5, 5.41) is 2.26. The van der Waals surface area contributed by atoms with Crippen LogP contribution in [-0.4, -0.2) is 4.98 Å². The molecule has 0 atom stereocenters. The summed E-state index contributed by atoms with van der Waals surface area (Å²) >= 11 is 0. The molecule has 0 saturated heterocycles. The first-order valence-corrected chi connectivity index (χ1v) is 15.8. The molecule has 0 N–H and O–H groups in total. The lowest BCUT2D eigenvalue weighted by Crippen LogP contribution is -2.00. The molecule has 0 bridgehead atoms. The number of hydrogen-bond acceptors (Lipinski definition) is 2. The number of rotatable bonds is 7. The molecular formula is C41H43NO. The minimum atomic E-state index is 0.426. The summed E-state index contributed by atoms with van der Waals surface area (Å²) in [6.07, 6.45) is 1.95. The number of aromatic nitrogens is 1. The van der Waals surface area contributed by atoms with E-state index < -0.39 is 0 Å². The normalized spacial score (nSPS) is 12.1. The first-order valence-electron chi connectivity index (χ1n) is 15.8. The van der Waals surface area contributed by atoms with Crippen molar-refractivity contribution in [1.29, 1.82) is 0 Å². The summed E-state index contributed by atoms with van der Waals surface area (Å²) in [6, 6.07) is 31.1. The van der Waals surface area contributed by atoms with Crippen LogP contribution in [0.15, 0.2) is 95.5 Å². The average molecular weight is 566 g/mol. The van der Waals surface area contributed by atoms with Gasteiger partial charge in [0.05, 0.1) is 5.69 Å². The Balaban J connectivity index is 1.52. The van der Waals surface area contributed by atoms with Gasteiger partial charge in [-0.25, -0.2) is 0 Å². The molecule has 0 aliphatic carbocycles. The quantitative estimate of drug-likeness (QED) is 0.192. The predicted octanol–water partition coefficient (Wildman–Crippen LogP) is 12.5. The summed E-state index contributed by atoms with van der Waals surface area (Å²) in [5.41, 5.74) is 14.4. The molecule has 2 heteroatoms. The molecule has 4 aromatic carbocycles. The van der Waals surface area contributed by atoms with Crippen molar-refractivity contribution < 1.29 is 4.42 Å².